The van der Waals surface area contributed by atoms with E-state index in [0.717, 1.165) is 25.2 Å². The Morgan fingerprint density at radius 1 is 1.44 bits per heavy atom. The van der Waals surface area contributed by atoms with Crippen molar-refractivity contribution >= 4 is 11.2 Å². The molecule has 0 spiro atoms. The Balaban J connectivity index is 2.17. The van der Waals surface area contributed by atoms with E-state index in [1.54, 1.807) is 16.7 Å². The second-order valence-corrected chi connectivity index (χ2v) is 3.89. The fourth-order valence-corrected chi connectivity index (χ4v) is 2.05. The molecule has 4 heteroatoms. The van der Waals surface area contributed by atoms with Gasteiger partial charge >= 0.3 is 0 Å². The van der Waals surface area contributed by atoms with Crippen molar-refractivity contribution in [3.8, 4) is 0 Å². The van der Waals surface area contributed by atoms with Crippen LogP contribution in [-0.4, -0.2) is 22.5 Å². The third-order valence-electron chi connectivity index (χ3n) is 2.84. The summed E-state index contributed by atoms with van der Waals surface area (Å²) >= 11 is 0. The minimum Gasteiger partial charge on any atom is -0.312 e. The lowest BCUT2D eigenvalue weighted by Gasteiger charge is -2.13. The normalized spacial score (nSPS) is 16.4. The maximum Gasteiger partial charge on any atom is 0.173 e. The fourth-order valence-electron chi connectivity index (χ4n) is 2.05. The highest BCUT2D eigenvalue weighted by molar-refractivity contribution is 5.67. The van der Waals surface area contributed by atoms with Crippen LogP contribution in [0.3, 0.4) is 0 Å². The lowest BCUT2D eigenvalue weighted by molar-refractivity contribution is 0.629. The van der Waals surface area contributed by atoms with Gasteiger partial charge in [0.15, 0.2) is 11.5 Å². The van der Waals surface area contributed by atoms with Crippen LogP contribution in [0.2, 0.25) is 0 Å². The Bertz CT molecular complexity index is 556. The number of nitrogens with one attached hydrogen (secondary N) is 1. The van der Waals surface area contributed by atoms with E-state index in [9.17, 15) is 4.39 Å². The highest BCUT2D eigenvalue weighted by Crippen LogP contribution is 2.19. The van der Waals surface area contributed by atoms with Crippen molar-refractivity contribution in [3.63, 3.8) is 0 Å². The van der Waals surface area contributed by atoms with Gasteiger partial charge < -0.3 is 5.32 Å². The number of hydrogen-bond donors (Lipinski definition) is 1. The largest absolute Gasteiger partial charge is 0.312 e. The molecule has 3 heterocycles. The number of hydrogen-bond acceptors (Lipinski definition) is 2. The van der Waals surface area contributed by atoms with Gasteiger partial charge in [-0.1, -0.05) is 6.08 Å². The summed E-state index contributed by atoms with van der Waals surface area (Å²) in [4.78, 5) is 4.11. The molecule has 16 heavy (non-hydrogen) atoms. The van der Waals surface area contributed by atoms with Crippen LogP contribution >= 0.6 is 0 Å². The summed E-state index contributed by atoms with van der Waals surface area (Å²) in [6, 6.07) is 3.13. The molecule has 0 saturated heterocycles. The van der Waals surface area contributed by atoms with Gasteiger partial charge in [-0.2, -0.15) is 0 Å². The first-order chi connectivity index (χ1) is 7.86. The van der Waals surface area contributed by atoms with Gasteiger partial charge in [-0.25, -0.2) is 9.37 Å². The molecular formula is C12H12FN3. The number of imidazole rings is 1. The Hall–Kier alpha value is -1.68. The zero-order valence-electron chi connectivity index (χ0n) is 8.78. The minimum absolute atomic E-state index is 0.280. The van der Waals surface area contributed by atoms with Crippen LogP contribution in [0.15, 0.2) is 30.6 Å². The molecule has 1 aliphatic rings. The third-order valence-corrected chi connectivity index (χ3v) is 2.84. The Kier molecular flexibility index (Phi) is 2.22. The molecule has 0 fully saturated rings. The molecule has 0 atom stereocenters. The highest BCUT2D eigenvalue weighted by Gasteiger charge is 2.12. The molecule has 0 aromatic carbocycles. The van der Waals surface area contributed by atoms with Crippen molar-refractivity contribution in [2.75, 3.05) is 13.1 Å². The van der Waals surface area contributed by atoms with Gasteiger partial charge in [-0.05, 0) is 30.7 Å². The minimum atomic E-state index is -0.280. The molecule has 0 bridgehead atoms. The predicted octanol–water partition coefficient (Wildman–Crippen LogP) is 1.85. The summed E-state index contributed by atoms with van der Waals surface area (Å²) < 4.78 is 15.2. The van der Waals surface area contributed by atoms with Gasteiger partial charge in [-0.3, -0.25) is 4.40 Å². The number of pyridine rings is 1. The Morgan fingerprint density at radius 2 is 2.38 bits per heavy atom. The molecule has 0 aliphatic carbocycles. The standard InChI is InChI=1S/C12H12FN3/c13-10-4-2-6-16-11(8-15-12(10)16)9-3-1-5-14-7-9/h2-4,6,8,14H,1,5,7H2. The molecule has 2 aromatic heterocycles. The van der Waals surface area contributed by atoms with Crippen LogP contribution in [-0.2, 0) is 0 Å². The van der Waals surface area contributed by atoms with E-state index in [-0.39, 0.29) is 5.82 Å². The average molecular weight is 217 g/mol. The van der Waals surface area contributed by atoms with Crippen LogP contribution in [0.25, 0.3) is 11.2 Å². The second kappa shape index (κ2) is 3.72. The van der Waals surface area contributed by atoms with Crippen LogP contribution in [0.5, 0.6) is 0 Å². The van der Waals surface area contributed by atoms with E-state index in [1.165, 1.54) is 11.6 Å². The van der Waals surface area contributed by atoms with Crippen molar-refractivity contribution in [2.45, 2.75) is 6.42 Å². The maximum atomic E-state index is 13.4. The topological polar surface area (TPSA) is 29.3 Å². The van der Waals surface area contributed by atoms with Crippen LogP contribution in [0, 0.1) is 5.82 Å². The lowest BCUT2D eigenvalue weighted by atomic mass is 10.1. The van der Waals surface area contributed by atoms with Crippen LogP contribution in [0.1, 0.15) is 12.1 Å². The van der Waals surface area contributed by atoms with Gasteiger partial charge in [0.1, 0.15) is 0 Å². The summed E-state index contributed by atoms with van der Waals surface area (Å²) in [7, 11) is 0. The van der Waals surface area contributed by atoms with Gasteiger partial charge in [-0.15, -0.1) is 0 Å². The molecule has 0 unspecified atom stereocenters. The average Bonchev–Trinajstić information content (AvgIpc) is 2.75. The lowest BCUT2D eigenvalue weighted by Crippen LogP contribution is -2.21. The summed E-state index contributed by atoms with van der Waals surface area (Å²) in [5.74, 6) is -0.280. The molecule has 2 aromatic rings. The van der Waals surface area contributed by atoms with E-state index in [0.29, 0.717) is 5.65 Å². The van der Waals surface area contributed by atoms with E-state index >= 15 is 0 Å². The number of halogens is 1. The molecule has 3 nitrogen and oxygen atoms in total. The number of nitrogens with zero attached hydrogens (tertiary/aromatic N) is 2. The van der Waals surface area contributed by atoms with Crippen molar-refractivity contribution in [1.82, 2.24) is 14.7 Å². The Morgan fingerprint density at radius 3 is 3.19 bits per heavy atom. The zero-order valence-corrected chi connectivity index (χ0v) is 8.78. The van der Waals surface area contributed by atoms with E-state index < -0.39 is 0 Å². The molecule has 3 rings (SSSR count). The first-order valence-corrected chi connectivity index (χ1v) is 5.38. The van der Waals surface area contributed by atoms with Gasteiger partial charge in [0.2, 0.25) is 0 Å². The van der Waals surface area contributed by atoms with E-state index in [4.69, 9.17) is 0 Å². The van der Waals surface area contributed by atoms with Crippen molar-refractivity contribution in [2.24, 2.45) is 0 Å². The zero-order chi connectivity index (χ0) is 11.0. The first kappa shape index (κ1) is 9.54. The molecule has 0 amide bonds. The Labute approximate surface area is 92.6 Å². The van der Waals surface area contributed by atoms with Crippen LogP contribution < -0.4 is 5.32 Å². The molecule has 0 radical (unpaired) electrons. The van der Waals surface area contributed by atoms with E-state index in [1.807, 2.05) is 6.20 Å². The number of aromatic nitrogens is 2. The third kappa shape index (κ3) is 1.42. The monoisotopic (exact) mass is 217 g/mol. The smallest absolute Gasteiger partial charge is 0.173 e. The van der Waals surface area contributed by atoms with E-state index in [2.05, 4.69) is 16.4 Å². The second-order valence-electron chi connectivity index (χ2n) is 3.89. The highest BCUT2D eigenvalue weighted by atomic mass is 19.1. The SMILES string of the molecule is Fc1cccn2c(C3=CCCNC3)cnc12. The van der Waals surface area contributed by atoms with Crippen molar-refractivity contribution in [1.29, 1.82) is 0 Å². The van der Waals surface area contributed by atoms with Gasteiger partial charge in [0, 0.05) is 12.7 Å². The van der Waals surface area contributed by atoms with Crippen molar-refractivity contribution < 1.29 is 4.39 Å². The quantitative estimate of drug-likeness (QED) is 0.790. The van der Waals surface area contributed by atoms with Gasteiger partial charge in [0.25, 0.3) is 0 Å². The predicted molar refractivity (Wildman–Crippen MR) is 60.6 cm³/mol. The number of fused-ring (bicyclic) bond motifs is 1. The summed E-state index contributed by atoms with van der Waals surface area (Å²) in [5.41, 5.74) is 2.55. The molecule has 82 valence electrons. The fraction of sp³-hybridized carbons (Fsp3) is 0.250. The molecule has 1 N–H and O–H groups in total. The van der Waals surface area contributed by atoms with Crippen LogP contribution in [0.4, 0.5) is 4.39 Å². The first-order valence-electron chi connectivity index (χ1n) is 5.38. The summed E-state index contributed by atoms with van der Waals surface area (Å²) in [6.07, 6.45) is 6.77. The summed E-state index contributed by atoms with van der Waals surface area (Å²) in [5, 5.41) is 3.30. The van der Waals surface area contributed by atoms with Crippen molar-refractivity contribution in [3.05, 3.63) is 42.1 Å². The van der Waals surface area contributed by atoms with Gasteiger partial charge in [0.05, 0.1) is 11.9 Å². The molecular weight excluding hydrogens is 205 g/mol. The molecule has 1 aliphatic heterocycles. The number of rotatable bonds is 1. The maximum absolute atomic E-state index is 13.4. The molecule has 0 saturated carbocycles. The summed E-state index contributed by atoms with van der Waals surface area (Å²) in [6.45, 7) is 1.83.